The van der Waals surface area contributed by atoms with Crippen LogP contribution in [0.5, 0.6) is 0 Å². The van der Waals surface area contributed by atoms with Crippen LogP contribution in [0.3, 0.4) is 0 Å². The van der Waals surface area contributed by atoms with Crippen LogP contribution in [0.15, 0.2) is 48.5 Å². The molecule has 0 N–H and O–H groups in total. The third-order valence-electron chi connectivity index (χ3n) is 7.40. The maximum absolute atomic E-state index is 13.2. The fourth-order valence-electron chi connectivity index (χ4n) is 4.43. The first-order valence-corrected chi connectivity index (χ1v) is 15.1. The molecule has 0 saturated heterocycles. The molecule has 40 heavy (non-hydrogen) atoms. The third kappa shape index (κ3) is 10.7. The van der Waals surface area contributed by atoms with Gasteiger partial charge in [-0.3, -0.25) is 4.79 Å². The van der Waals surface area contributed by atoms with E-state index in [2.05, 4.69) is 41.5 Å². The Bertz CT molecular complexity index is 949. The molecule has 0 atom stereocenters. The Kier molecular flexibility index (Phi) is 12.6. The van der Waals surface area contributed by atoms with Gasteiger partial charge in [0.15, 0.2) is 5.78 Å². The molecule has 0 aliphatic rings. The van der Waals surface area contributed by atoms with Crippen molar-refractivity contribution in [2.45, 2.75) is 143 Å². The standard InChI is InChI=1S/C35H54O5/c1-11-13-15-25-32(3,4)37-39-34(7,8)29-21-17-27(18-22-29)31(36)28-19-23-30(24-20-28)35(9,10)40-38-33(5,6)26-16-14-12-2/h17-24H,11-16,25-26H2,1-10H3. The number of rotatable bonds is 18. The summed E-state index contributed by atoms with van der Waals surface area (Å²) in [7, 11) is 0. The van der Waals surface area contributed by atoms with Crippen molar-refractivity contribution in [1.82, 2.24) is 0 Å². The fourth-order valence-corrected chi connectivity index (χ4v) is 4.43. The predicted molar refractivity (Wildman–Crippen MR) is 163 cm³/mol. The number of carbonyl (C=O) groups is 1. The highest BCUT2D eigenvalue weighted by molar-refractivity contribution is 6.09. The highest BCUT2D eigenvalue weighted by Crippen LogP contribution is 2.31. The Morgan fingerprint density at radius 1 is 0.525 bits per heavy atom. The molecule has 0 radical (unpaired) electrons. The van der Waals surface area contributed by atoms with Crippen molar-refractivity contribution in [2.24, 2.45) is 0 Å². The van der Waals surface area contributed by atoms with Gasteiger partial charge in [-0.1, -0.05) is 101 Å². The fraction of sp³-hybridized carbons (Fsp3) is 0.629. The van der Waals surface area contributed by atoms with E-state index in [9.17, 15) is 4.79 Å². The van der Waals surface area contributed by atoms with Crippen LogP contribution in [-0.4, -0.2) is 17.0 Å². The van der Waals surface area contributed by atoms with Crippen molar-refractivity contribution >= 4 is 5.78 Å². The minimum absolute atomic E-state index is 0.0304. The van der Waals surface area contributed by atoms with E-state index in [1.54, 1.807) is 0 Å². The molecule has 5 heteroatoms. The molecule has 0 unspecified atom stereocenters. The molecule has 2 rings (SSSR count). The zero-order valence-corrected chi connectivity index (χ0v) is 26.8. The van der Waals surface area contributed by atoms with Gasteiger partial charge in [0, 0.05) is 11.1 Å². The quantitative estimate of drug-likeness (QED) is 0.0794. The number of benzene rings is 2. The summed E-state index contributed by atoms with van der Waals surface area (Å²) in [4.78, 5) is 36.7. The first-order valence-electron chi connectivity index (χ1n) is 15.1. The van der Waals surface area contributed by atoms with Crippen molar-refractivity contribution in [3.8, 4) is 0 Å². The van der Waals surface area contributed by atoms with E-state index in [4.69, 9.17) is 19.6 Å². The van der Waals surface area contributed by atoms with Gasteiger partial charge in [0.25, 0.3) is 0 Å². The number of hydrogen-bond acceptors (Lipinski definition) is 5. The predicted octanol–water partition coefficient (Wildman–Crippen LogP) is 10.0. The van der Waals surface area contributed by atoms with Crippen molar-refractivity contribution < 1.29 is 24.3 Å². The molecule has 5 nitrogen and oxygen atoms in total. The Labute approximate surface area is 243 Å². The molecule has 2 aromatic carbocycles. The van der Waals surface area contributed by atoms with Gasteiger partial charge in [0.2, 0.25) is 0 Å². The van der Waals surface area contributed by atoms with E-state index in [1.807, 2.05) is 76.2 Å². The Morgan fingerprint density at radius 3 is 1.15 bits per heavy atom. The number of ketones is 1. The third-order valence-corrected chi connectivity index (χ3v) is 7.40. The van der Waals surface area contributed by atoms with Crippen LogP contribution in [0.4, 0.5) is 0 Å². The van der Waals surface area contributed by atoms with Crippen LogP contribution in [0.2, 0.25) is 0 Å². The molecule has 224 valence electrons. The Hall–Kier alpha value is -2.05. The maximum Gasteiger partial charge on any atom is 0.193 e. The van der Waals surface area contributed by atoms with Crippen LogP contribution < -0.4 is 0 Å². The van der Waals surface area contributed by atoms with E-state index in [1.165, 1.54) is 25.7 Å². The lowest BCUT2D eigenvalue weighted by Crippen LogP contribution is -2.31. The summed E-state index contributed by atoms with van der Waals surface area (Å²) >= 11 is 0. The second-order valence-corrected chi connectivity index (χ2v) is 13.3. The van der Waals surface area contributed by atoms with Gasteiger partial charge in [-0.15, -0.1) is 0 Å². The zero-order valence-electron chi connectivity index (χ0n) is 26.8. The van der Waals surface area contributed by atoms with E-state index in [0.29, 0.717) is 11.1 Å². The second-order valence-electron chi connectivity index (χ2n) is 13.3. The highest BCUT2D eigenvalue weighted by Gasteiger charge is 2.30. The summed E-state index contributed by atoms with van der Waals surface area (Å²) < 4.78 is 0. The van der Waals surface area contributed by atoms with Gasteiger partial charge < -0.3 is 0 Å². The topological polar surface area (TPSA) is 54.0 Å². The van der Waals surface area contributed by atoms with Crippen LogP contribution in [-0.2, 0) is 30.8 Å². The lowest BCUT2D eigenvalue weighted by Gasteiger charge is -2.31. The van der Waals surface area contributed by atoms with Crippen LogP contribution in [0.25, 0.3) is 0 Å². The summed E-state index contributed by atoms with van der Waals surface area (Å²) in [6.45, 7) is 20.5. The molecule has 0 aliphatic heterocycles. The molecule has 0 amide bonds. The number of unbranched alkanes of at least 4 members (excludes halogenated alkanes) is 4. The number of hydrogen-bond donors (Lipinski definition) is 0. The monoisotopic (exact) mass is 554 g/mol. The zero-order chi connectivity index (χ0) is 30.0. The lowest BCUT2D eigenvalue weighted by molar-refractivity contribution is -0.406. The minimum Gasteiger partial charge on any atom is -0.289 e. The van der Waals surface area contributed by atoms with Gasteiger partial charge in [-0.2, -0.15) is 0 Å². The highest BCUT2D eigenvalue weighted by atomic mass is 17.2. The summed E-state index contributed by atoms with van der Waals surface area (Å²) in [5.74, 6) is -0.0304. The molecule has 0 aromatic heterocycles. The Balaban J connectivity index is 2.01. The summed E-state index contributed by atoms with van der Waals surface area (Å²) in [5, 5.41) is 0. The molecule has 0 heterocycles. The normalized spacial score (nSPS) is 13.1. The smallest absolute Gasteiger partial charge is 0.193 e. The summed E-state index contributed by atoms with van der Waals surface area (Å²) in [6, 6.07) is 15.2. The molecule has 0 bridgehead atoms. The van der Waals surface area contributed by atoms with Gasteiger partial charge >= 0.3 is 0 Å². The molecular formula is C35H54O5. The SMILES string of the molecule is CCCCCC(C)(C)OOC(C)(C)c1ccc(C(=O)c2ccc(C(C)(C)OOC(C)(C)CCCCC)cc2)cc1. The van der Waals surface area contributed by atoms with Gasteiger partial charge in [-0.05, 0) is 79.4 Å². The summed E-state index contributed by atoms with van der Waals surface area (Å²) in [5.41, 5.74) is 1.13. The average Bonchev–Trinajstić information content (AvgIpc) is 2.91. The van der Waals surface area contributed by atoms with Crippen molar-refractivity contribution in [1.29, 1.82) is 0 Å². The molecule has 0 aliphatic carbocycles. The molecular weight excluding hydrogens is 500 g/mol. The van der Waals surface area contributed by atoms with Crippen molar-refractivity contribution in [3.05, 3.63) is 70.8 Å². The van der Waals surface area contributed by atoms with E-state index in [0.717, 1.165) is 36.8 Å². The Morgan fingerprint density at radius 2 is 0.850 bits per heavy atom. The second kappa shape index (κ2) is 14.7. The van der Waals surface area contributed by atoms with Crippen molar-refractivity contribution in [3.63, 3.8) is 0 Å². The van der Waals surface area contributed by atoms with E-state index in [-0.39, 0.29) is 17.0 Å². The van der Waals surface area contributed by atoms with Crippen LogP contribution in [0.1, 0.15) is 148 Å². The first kappa shape index (κ1) is 34.2. The van der Waals surface area contributed by atoms with Crippen molar-refractivity contribution in [2.75, 3.05) is 0 Å². The largest absolute Gasteiger partial charge is 0.289 e. The molecule has 0 saturated carbocycles. The minimum atomic E-state index is -0.649. The van der Waals surface area contributed by atoms with E-state index >= 15 is 0 Å². The average molecular weight is 555 g/mol. The van der Waals surface area contributed by atoms with Crippen LogP contribution in [0, 0.1) is 0 Å². The lowest BCUT2D eigenvalue weighted by atomic mass is 9.93. The first-order chi connectivity index (χ1) is 18.6. The van der Waals surface area contributed by atoms with Gasteiger partial charge in [0.05, 0.1) is 11.2 Å². The van der Waals surface area contributed by atoms with Gasteiger partial charge in [0.1, 0.15) is 11.2 Å². The molecule has 0 spiro atoms. The molecule has 2 aromatic rings. The summed E-state index contributed by atoms with van der Waals surface area (Å²) in [6.07, 6.45) is 8.83. The molecule has 0 fully saturated rings. The van der Waals surface area contributed by atoms with Crippen LogP contribution >= 0.6 is 0 Å². The number of carbonyl (C=O) groups excluding carboxylic acids is 1. The van der Waals surface area contributed by atoms with Gasteiger partial charge in [-0.25, -0.2) is 19.6 Å². The maximum atomic E-state index is 13.2. The van der Waals surface area contributed by atoms with E-state index < -0.39 is 11.2 Å².